The van der Waals surface area contributed by atoms with Crippen molar-refractivity contribution in [2.24, 2.45) is 0 Å². The highest BCUT2D eigenvalue weighted by Crippen LogP contribution is 2.55. The number of hydrogen-bond donors (Lipinski definition) is 0. The van der Waals surface area contributed by atoms with Gasteiger partial charge in [0.1, 0.15) is 0 Å². The van der Waals surface area contributed by atoms with E-state index in [4.69, 9.17) is 0 Å². The van der Waals surface area contributed by atoms with Crippen molar-refractivity contribution < 1.29 is 80.6 Å². The third kappa shape index (κ3) is 11.5. The topological polar surface area (TPSA) is 74.8 Å². The predicted molar refractivity (Wildman–Crippen MR) is 287 cm³/mol. The second-order valence-corrected chi connectivity index (χ2v) is 20.6. The van der Waals surface area contributed by atoms with Gasteiger partial charge in [0.2, 0.25) is 0 Å². The Labute approximate surface area is 477 Å². The minimum absolute atomic E-state index is 0.0259. The molecule has 0 spiro atoms. The minimum atomic E-state index is -6.78. The van der Waals surface area contributed by atoms with Crippen LogP contribution in [0.5, 0.6) is 0 Å². The van der Waals surface area contributed by atoms with Crippen LogP contribution in [0.1, 0.15) is 41.4 Å². The molecule has 9 aromatic carbocycles. The molecule has 0 bridgehead atoms. The van der Waals surface area contributed by atoms with Crippen LogP contribution in [-0.2, 0) is 0 Å². The molecule has 6 nitrogen and oxygen atoms in total. The first-order valence-corrected chi connectivity index (χ1v) is 25.9. The van der Waals surface area contributed by atoms with E-state index < -0.39 is 105 Å². The van der Waals surface area contributed by atoms with Gasteiger partial charge >= 0.3 is 36.0 Å². The van der Waals surface area contributed by atoms with Gasteiger partial charge in [0.25, 0.3) is 23.6 Å². The zero-order chi connectivity index (χ0) is 58.9. The molecule has 2 aliphatic rings. The Morgan fingerprint density at radius 2 is 0.438 bits per heavy atom. The molecule has 416 valence electrons. The summed E-state index contributed by atoms with van der Waals surface area (Å²) in [4.78, 5) is 53.5. The van der Waals surface area contributed by atoms with E-state index in [1.54, 1.807) is 0 Å². The molecule has 2 heterocycles. The number of fused-ring (bicyclic) bond motifs is 2. The van der Waals surface area contributed by atoms with Crippen molar-refractivity contribution in [3.63, 3.8) is 0 Å². The second kappa shape index (κ2) is 23.5. The number of amides is 4. The van der Waals surface area contributed by atoms with Gasteiger partial charge in [-0.05, 0) is 24.3 Å². The summed E-state index contributed by atoms with van der Waals surface area (Å²) in [6, 6.07) is 51.7. The first-order chi connectivity index (χ1) is 37.4. The van der Waals surface area contributed by atoms with E-state index in [0.717, 1.165) is 24.3 Å². The fourth-order valence-electron chi connectivity index (χ4n) is 8.40. The zero-order valence-electron chi connectivity index (χ0n) is 39.9. The van der Waals surface area contributed by atoms with E-state index in [-0.39, 0.29) is 61.0 Å². The summed E-state index contributed by atoms with van der Waals surface area (Å²) < 4.78 is 191. The number of rotatable bonds is 6. The number of halogens is 18. The Morgan fingerprint density at radius 1 is 0.275 bits per heavy atom. The van der Waals surface area contributed by atoms with E-state index in [1.165, 1.54) is 0 Å². The molecule has 2 aliphatic heterocycles. The molecule has 0 radical (unpaired) electrons. The number of alkyl halides is 14. The van der Waals surface area contributed by atoms with Crippen molar-refractivity contribution in [3.8, 4) is 0 Å². The van der Waals surface area contributed by atoms with Crippen LogP contribution in [-0.4, -0.2) is 82.6 Å². The Bertz CT molecular complexity index is 3200. The van der Waals surface area contributed by atoms with Crippen molar-refractivity contribution in [3.05, 3.63) is 210 Å². The summed E-state index contributed by atoms with van der Waals surface area (Å²) >= 11 is 12.9. The lowest BCUT2D eigenvalue weighted by molar-refractivity contribution is -0.354. The lowest BCUT2D eigenvalue weighted by Crippen LogP contribution is -2.59. The standard InChI is InChI=1S/C32H8Br4F14N2O4.4C6H6/c33-11-1-7-15-8(24(54)51(23(7)53)5-27(37,38)29(41,42)31(45,46)47)2-13(35)19-20-14(36)4-10-16-9(3-12(34)18(22(16)20)17(11)21(15)19)25(55)52(26(10)56)6-28(39,40)30(43,44)32(48,49)50;4*1-2-4-6-5-3-1/h1-4H,5-6H2;4*1-6H. The zero-order valence-corrected chi connectivity index (χ0v) is 46.3. The first kappa shape index (κ1) is 61.1. The summed E-state index contributed by atoms with van der Waals surface area (Å²) in [5.74, 6) is -32.1. The maximum absolute atomic E-state index is 14.6. The molecule has 11 rings (SSSR count). The summed E-state index contributed by atoms with van der Waals surface area (Å²) in [5.41, 5.74) is -2.49. The Morgan fingerprint density at radius 3 is 0.588 bits per heavy atom. The van der Waals surface area contributed by atoms with Gasteiger partial charge in [0.05, 0.1) is 13.1 Å². The van der Waals surface area contributed by atoms with Gasteiger partial charge in [-0.1, -0.05) is 209 Å². The number of carbonyl (C=O) groups excluding carboxylic acids is 4. The fraction of sp³-hybridized carbons (Fsp3) is 0.143. The largest absolute Gasteiger partial charge is 0.459 e. The smallest absolute Gasteiger partial charge is 0.269 e. The summed E-state index contributed by atoms with van der Waals surface area (Å²) in [6.07, 6.45) is -13.6. The van der Waals surface area contributed by atoms with Gasteiger partial charge < -0.3 is 0 Å². The average molecular weight is 1380 g/mol. The average Bonchev–Trinajstić information content (AvgIpc) is 2.55. The molecular formula is C56H32Br4F14N2O4. The molecule has 24 heteroatoms. The summed E-state index contributed by atoms with van der Waals surface area (Å²) in [6.45, 7) is -5.39. The van der Waals surface area contributed by atoms with E-state index >= 15 is 0 Å². The molecule has 0 N–H and O–H groups in total. The molecular weight excluding hydrogens is 1350 g/mol. The lowest BCUT2D eigenvalue weighted by Gasteiger charge is -2.35. The Kier molecular flexibility index (Phi) is 18.0. The number of hydrogen-bond acceptors (Lipinski definition) is 4. The molecule has 80 heavy (non-hydrogen) atoms. The van der Waals surface area contributed by atoms with Crippen LogP contribution in [0.4, 0.5) is 61.5 Å². The highest BCUT2D eigenvalue weighted by atomic mass is 79.9. The van der Waals surface area contributed by atoms with Crippen molar-refractivity contribution in [1.29, 1.82) is 0 Å². The van der Waals surface area contributed by atoms with Gasteiger partial charge in [-0.2, -0.15) is 61.5 Å². The van der Waals surface area contributed by atoms with Crippen LogP contribution in [0, 0.1) is 0 Å². The maximum atomic E-state index is 14.6. The molecule has 0 atom stereocenters. The van der Waals surface area contributed by atoms with Crippen molar-refractivity contribution in [2.75, 3.05) is 13.1 Å². The van der Waals surface area contributed by atoms with E-state index in [2.05, 4.69) is 63.7 Å². The van der Waals surface area contributed by atoms with Gasteiger partial charge in [0, 0.05) is 83.2 Å². The van der Waals surface area contributed by atoms with Crippen LogP contribution in [0.15, 0.2) is 188 Å². The third-order valence-corrected chi connectivity index (χ3v) is 14.5. The molecule has 0 fully saturated rings. The highest BCUT2D eigenvalue weighted by Gasteiger charge is 2.74. The second-order valence-electron chi connectivity index (χ2n) is 17.2. The van der Waals surface area contributed by atoms with Crippen LogP contribution in [0.3, 0.4) is 0 Å². The van der Waals surface area contributed by atoms with Crippen molar-refractivity contribution in [2.45, 2.75) is 36.0 Å². The van der Waals surface area contributed by atoms with Crippen molar-refractivity contribution >= 4 is 130 Å². The number of carbonyl (C=O) groups is 4. The third-order valence-electron chi connectivity index (χ3n) is 12.0. The van der Waals surface area contributed by atoms with Gasteiger partial charge in [-0.25, -0.2) is 0 Å². The first-order valence-electron chi connectivity index (χ1n) is 22.8. The van der Waals surface area contributed by atoms with Gasteiger partial charge in [0.15, 0.2) is 0 Å². The number of imide groups is 2. The molecule has 0 saturated heterocycles. The van der Waals surface area contributed by atoms with Crippen LogP contribution < -0.4 is 0 Å². The minimum Gasteiger partial charge on any atom is -0.269 e. The molecule has 0 saturated carbocycles. The quantitative estimate of drug-likeness (QED) is 0.0719. The van der Waals surface area contributed by atoms with Gasteiger partial charge in [-0.15, -0.1) is 0 Å². The summed E-state index contributed by atoms with van der Waals surface area (Å²) in [5, 5.41) is -0.598. The Balaban J connectivity index is 0.000000313. The SMILES string of the molecule is O=C1c2cc(Br)c3c4c(Br)cc5c6c(cc(Br)c(c7c(Br)cc(c2c37)C(=O)N1CC(F)(F)C(F)(F)C(F)(F)F)c64)C(=O)N(CC(F)(F)C(F)(F)C(F)(F)F)C5=O.c1ccccc1.c1ccccc1.c1ccccc1.c1ccccc1. The van der Waals surface area contributed by atoms with E-state index in [0.29, 0.717) is 0 Å². The highest BCUT2D eigenvalue weighted by molar-refractivity contribution is 9.11. The number of benzene rings is 9. The fourth-order valence-corrected chi connectivity index (χ4v) is 10.9. The van der Waals surface area contributed by atoms with Crippen LogP contribution in [0.25, 0.3) is 43.1 Å². The molecule has 0 aliphatic carbocycles. The summed E-state index contributed by atoms with van der Waals surface area (Å²) in [7, 11) is 0. The Hall–Kier alpha value is -6.50. The number of nitrogens with zero attached hydrogens (tertiary/aromatic N) is 2. The van der Waals surface area contributed by atoms with Crippen LogP contribution in [0.2, 0.25) is 0 Å². The monoisotopic (exact) mass is 1380 g/mol. The normalized spacial score (nSPS) is 13.8. The maximum Gasteiger partial charge on any atom is 0.459 e. The predicted octanol–water partition coefficient (Wildman–Crippen LogP) is 18.4. The van der Waals surface area contributed by atoms with E-state index in [1.807, 2.05) is 146 Å². The molecule has 9 aromatic rings. The van der Waals surface area contributed by atoms with E-state index in [9.17, 15) is 80.6 Å². The molecule has 0 unspecified atom stereocenters. The molecule has 0 aromatic heterocycles. The van der Waals surface area contributed by atoms with Crippen molar-refractivity contribution in [1.82, 2.24) is 9.80 Å². The molecule has 4 amide bonds. The lowest BCUT2D eigenvalue weighted by atomic mass is 9.82. The van der Waals surface area contributed by atoms with Crippen LogP contribution >= 0.6 is 63.7 Å². The van der Waals surface area contributed by atoms with Gasteiger partial charge in [-0.3, -0.25) is 29.0 Å².